The van der Waals surface area contributed by atoms with Crippen LogP contribution in [0.4, 0.5) is 4.39 Å². The van der Waals surface area contributed by atoms with Gasteiger partial charge in [-0.15, -0.1) is 0 Å². The van der Waals surface area contributed by atoms with Crippen molar-refractivity contribution >= 4 is 13.7 Å². The summed E-state index contributed by atoms with van der Waals surface area (Å²) in [5, 5.41) is 13.1. The molecule has 0 saturated carbocycles. The summed E-state index contributed by atoms with van der Waals surface area (Å²) in [6, 6.07) is 7.99. The van der Waals surface area contributed by atoms with Gasteiger partial charge in [0, 0.05) is 18.2 Å². The third-order valence-corrected chi connectivity index (χ3v) is 6.90. The van der Waals surface area contributed by atoms with Crippen LogP contribution in [-0.4, -0.2) is 58.3 Å². The van der Waals surface area contributed by atoms with Crippen LogP contribution in [-0.2, 0) is 23.4 Å². The number of esters is 1. The lowest BCUT2D eigenvalue weighted by atomic mass is 10.00. The molecule has 1 aromatic carbocycles. The van der Waals surface area contributed by atoms with Crippen molar-refractivity contribution in [3.63, 3.8) is 0 Å². The third-order valence-electron chi connectivity index (χ3n) is 5.26. The van der Waals surface area contributed by atoms with Crippen LogP contribution < -0.4 is 20.9 Å². The molecular weight excluding hydrogens is 500 g/mol. The molecule has 1 fully saturated rings. The van der Waals surface area contributed by atoms with Gasteiger partial charge in [0.2, 0.25) is 0 Å². The molecule has 1 unspecified atom stereocenters. The Balaban J connectivity index is 1.79. The van der Waals surface area contributed by atoms with Crippen molar-refractivity contribution in [2.24, 2.45) is 5.92 Å². The summed E-state index contributed by atoms with van der Waals surface area (Å²) in [6.45, 7) is 3.16. The Morgan fingerprint density at radius 2 is 1.94 bits per heavy atom. The lowest BCUT2D eigenvalue weighted by Gasteiger charge is -2.25. The predicted octanol–water partition coefficient (Wildman–Crippen LogP) is 1.51. The number of alkyl halides is 1. The fourth-order valence-corrected chi connectivity index (χ4v) is 5.01. The molecule has 1 aromatic heterocycles. The molecule has 1 aliphatic heterocycles. The minimum atomic E-state index is -4.26. The average molecular weight is 529 g/mol. The number of rotatable bonds is 11. The number of carbonyl (C=O) groups excluding carboxylic acids is 1. The molecule has 0 spiro atoms. The number of aromatic nitrogens is 2. The summed E-state index contributed by atoms with van der Waals surface area (Å²) >= 11 is 0. The Bertz CT molecular complexity index is 1190. The topological polar surface area (TPSA) is 158 Å². The number of nitrogens with zero attached hydrogens (tertiary/aromatic N) is 1. The van der Waals surface area contributed by atoms with Gasteiger partial charge in [-0.3, -0.25) is 28.1 Å². The number of hydrogen-bond acceptors (Lipinski definition) is 9. The number of hydrogen-bond donors (Lipinski definition) is 3. The largest absolute Gasteiger partial charge is 0.462 e. The number of para-hydroxylation sites is 1. The zero-order valence-electron chi connectivity index (χ0n) is 19.9. The first-order valence-electron chi connectivity index (χ1n) is 11.2. The van der Waals surface area contributed by atoms with Crippen molar-refractivity contribution in [2.75, 3.05) is 13.3 Å². The van der Waals surface area contributed by atoms with E-state index < -0.39 is 74.7 Å². The summed E-state index contributed by atoms with van der Waals surface area (Å²) in [5.74, 6) is -1.68. The highest BCUT2D eigenvalue weighted by molar-refractivity contribution is 7.52. The standard InChI is InChI=1S/C22H29FN3O9P/c1-13(2)33-21(29)14(3)25-36(31,35-15-7-5-4-6-8-15)32-12-17-16(11-23)19(28)20(34-17)26-10-9-18(27)24-22(26)30/h4-10,13-14,16-17,19-20,28H,11-12H2,1-3H3,(H,25,31)(H,24,27,30)/t14-,16+,17+,19+,20+,36?/m0/s1. The van der Waals surface area contributed by atoms with Gasteiger partial charge in [0.15, 0.2) is 6.23 Å². The minimum Gasteiger partial charge on any atom is -0.462 e. The van der Waals surface area contributed by atoms with Gasteiger partial charge in [0.05, 0.1) is 25.5 Å². The third kappa shape index (κ3) is 6.89. The first-order valence-corrected chi connectivity index (χ1v) is 12.8. The monoisotopic (exact) mass is 529 g/mol. The second-order valence-corrected chi connectivity index (χ2v) is 10.1. The van der Waals surface area contributed by atoms with E-state index in [-0.39, 0.29) is 5.75 Å². The molecule has 14 heteroatoms. The Kier molecular flexibility index (Phi) is 9.20. The molecule has 0 amide bonds. The van der Waals surface area contributed by atoms with E-state index in [0.717, 1.165) is 16.8 Å². The van der Waals surface area contributed by atoms with Gasteiger partial charge in [-0.05, 0) is 32.9 Å². The Morgan fingerprint density at radius 3 is 2.56 bits per heavy atom. The summed E-state index contributed by atoms with van der Waals surface area (Å²) in [4.78, 5) is 37.8. The van der Waals surface area contributed by atoms with E-state index in [1.54, 1.807) is 32.0 Å². The lowest BCUT2D eigenvalue weighted by molar-refractivity contribution is -0.149. The van der Waals surface area contributed by atoms with E-state index in [2.05, 4.69) is 5.09 Å². The molecule has 3 N–H and O–H groups in total. The molecule has 0 aliphatic carbocycles. The highest BCUT2D eigenvalue weighted by Crippen LogP contribution is 2.46. The van der Waals surface area contributed by atoms with Crippen molar-refractivity contribution in [2.45, 2.75) is 51.4 Å². The van der Waals surface area contributed by atoms with Gasteiger partial charge in [-0.25, -0.2) is 9.36 Å². The maximum Gasteiger partial charge on any atom is 0.459 e. The zero-order chi connectivity index (χ0) is 26.5. The fraction of sp³-hybridized carbons (Fsp3) is 0.500. The first-order chi connectivity index (χ1) is 17.0. The maximum atomic E-state index is 13.8. The normalized spacial score (nSPS) is 24.3. The molecular formula is C22H29FN3O9P. The van der Waals surface area contributed by atoms with Gasteiger partial charge in [-0.2, -0.15) is 5.09 Å². The molecule has 2 heterocycles. The maximum absolute atomic E-state index is 13.8. The lowest BCUT2D eigenvalue weighted by Crippen LogP contribution is -2.37. The zero-order valence-corrected chi connectivity index (χ0v) is 20.8. The molecule has 6 atom stereocenters. The second-order valence-electron chi connectivity index (χ2n) is 8.43. The van der Waals surface area contributed by atoms with Crippen LogP contribution in [0, 0.1) is 5.92 Å². The number of benzene rings is 1. The molecule has 12 nitrogen and oxygen atoms in total. The van der Waals surface area contributed by atoms with Crippen LogP contribution >= 0.6 is 7.75 Å². The van der Waals surface area contributed by atoms with Crippen molar-refractivity contribution in [3.05, 3.63) is 63.4 Å². The number of ether oxygens (including phenoxy) is 2. The summed E-state index contributed by atoms with van der Waals surface area (Å²) in [6.07, 6.45) is -3.26. The molecule has 198 valence electrons. The van der Waals surface area contributed by atoms with E-state index in [9.17, 15) is 28.4 Å². The quantitative estimate of drug-likeness (QED) is 0.288. The fourth-order valence-electron chi connectivity index (χ4n) is 3.51. The van der Waals surface area contributed by atoms with E-state index >= 15 is 0 Å². The van der Waals surface area contributed by atoms with Gasteiger partial charge >= 0.3 is 19.4 Å². The van der Waals surface area contributed by atoms with Gasteiger partial charge in [0.25, 0.3) is 5.56 Å². The second kappa shape index (κ2) is 11.9. The van der Waals surface area contributed by atoms with Crippen LogP contribution in [0.15, 0.2) is 52.2 Å². The van der Waals surface area contributed by atoms with E-state index in [1.807, 2.05) is 4.98 Å². The number of aliphatic hydroxyl groups is 1. The minimum absolute atomic E-state index is 0.171. The number of aliphatic hydroxyl groups excluding tert-OH is 1. The SMILES string of the molecule is CC(C)OC(=O)[C@H](C)NP(=O)(OC[C@H]1O[C@@H](n2ccc(=O)[nH]c2=O)[C@H](O)[C@@H]1CF)Oc1ccccc1. The smallest absolute Gasteiger partial charge is 0.459 e. The number of aromatic amines is 1. The molecule has 36 heavy (non-hydrogen) atoms. The van der Waals surface area contributed by atoms with E-state index in [4.69, 9.17) is 18.5 Å². The highest BCUT2D eigenvalue weighted by atomic mass is 31.2. The predicted molar refractivity (Wildman–Crippen MR) is 125 cm³/mol. The van der Waals surface area contributed by atoms with Crippen LogP contribution in [0.1, 0.15) is 27.0 Å². The Labute approximate surface area is 205 Å². The van der Waals surface area contributed by atoms with Crippen LogP contribution in [0.2, 0.25) is 0 Å². The summed E-state index contributed by atoms with van der Waals surface area (Å²) in [7, 11) is -4.26. The first kappa shape index (κ1) is 27.8. The van der Waals surface area contributed by atoms with Gasteiger partial charge in [-0.1, -0.05) is 18.2 Å². The average Bonchev–Trinajstić information content (AvgIpc) is 3.13. The number of nitrogens with one attached hydrogen (secondary N) is 2. The van der Waals surface area contributed by atoms with E-state index in [0.29, 0.717) is 0 Å². The molecule has 0 bridgehead atoms. The Morgan fingerprint density at radius 1 is 1.25 bits per heavy atom. The molecule has 3 rings (SSSR count). The molecule has 1 saturated heterocycles. The van der Waals surface area contributed by atoms with Crippen molar-refractivity contribution < 1.29 is 37.4 Å². The Hall–Kier alpha value is -2.83. The van der Waals surface area contributed by atoms with Gasteiger partial charge in [0.1, 0.15) is 17.9 Å². The van der Waals surface area contributed by atoms with Crippen LogP contribution in [0.5, 0.6) is 5.75 Å². The number of carbonyl (C=O) groups is 1. The summed E-state index contributed by atoms with van der Waals surface area (Å²) in [5.41, 5.74) is -1.51. The van der Waals surface area contributed by atoms with Crippen molar-refractivity contribution in [1.29, 1.82) is 0 Å². The molecule has 1 aliphatic rings. The van der Waals surface area contributed by atoms with Crippen molar-refractivity contribution in [3.8, 4) is 5.75 Å². The molecule has 2 aromatic rings. The number of H-pyrrole nitrogens is 1. The summed E-state index contributed by atoms with van der Waals surface area (Å²) < 4.78 is 50.2. The van der Waals surface area contributed by atoms with Crippen LogP contribution in [0.25, 0.3) is 0 Å². The van der Waals surface area contributed by atoms with Crippen molar-refractivity contribution in [1.82, 2.24) is 14.6 Å². The van der Waals surface area contributed by atoms with Crippen LogP contribution in [0.3, 0.4) is 0 Å². The van der Waals surface area contributed by atoms with Gasteiger partial charge < -0.3 is 19.1 Å². The molecule has 0 radical (unpaired) electrons. The highest BCUT2D eigenvalue weighted by Gasteiger charge is 2.46. The number of halogens is 1. The van der Waals surface area contributed by atoms with E-state index in [1.165, 1.54) is 19.1 Å².